The fraction of sp³-hybridized carbons (Fsp3) is 0.250. The molecule has 18 heteroatoms. The Labute approximate surface area is 524 Å². The average molecular weight is 1190 g/mol. The number of aromatic nitrogens is 6. The van der Waals surface area contributed by atoms with Crippen LogP contribution in [0.1, 0.15) is 142 Å². The number of nitrogens with one attached hydrogen (secondary N) is 6. The fourth-order valence-corrected chi connectivity index (χ4v) is 11.8. The molecule has 12 rings (SSSR count). The summed E-state index contributed by atoms with van der Waals surface area (Å²) in [7, 11) is 0. The van der Waals surface area contributed by atoms with Crippen LogP contribution in [0.5, 0.6) is 0 Å². The average Bonchev–Trinajstić information content (AvgIpc) is 2.19. The van der Waals surface area contributed by atoms with Crippen LogP contribution in [0, 0.1) is 34.0 Å². The molecular formula is C72H69N15O3. The molecule has 3 fully saturated rings. The number of rotatable bonds is 18. The van der Waals surface area contributed by atoms with Gasteiger partial charge in [-0.05, 0) is 181 Å². The highest BCUT2D eigenvalue weighted by molar-refractivity contribution is 6.09. The van der Waals surface area contributed by atoms with Gasteiger partial charge in [0.1, 0.15) is 17.5 Å². The lowest BCUT2D eigenvalue weighted by Crippen LogP contribution is -2.19. The van der Waals surface area contributed by atoms with Crippen LogP contribution in [-0.4, -0.2) is 47.6 Å². The van der Waals surface area contributed by atoms with E-state index in [9.17, 15) is 30.2 Å². The van der Waals surface area contributed by atoms with Gasteiger partial charge < -0.3 is 31.9 Å². The van der Waals surface area contributed by atoms with Crippen molar-refractivity contribution in [3.05, 3.63) is 251 Å². The molecule has 0 saturated heterocycles. The van der Waals surface area contributed by atoms with Crippen LogP contribution in [0.3, 0.4) is 0 Å². The predicted octanol–water partition coefficient (Wildman–Crippen LogP) is 14.0. The largest absolute Gasteiger partial charge is 0.365 e. The minimum Gasteiger partial charge on any atom is -0.365 e. The van der Waals surface area contributed by atoms with Crippen molar-refractivity contribution in [2.75, 3.05) is 31.9 Å². The lowest BCUT2D eigenvalue weighted by Gasteiger charge is -2.21. The summed E-state index contributed by atoms with van der Waals surface area (Å²) in [6.07, 6.45) is 27.3. The van der Waals surface area contributed by atoms with Crippen LogP contribution in [0.2, 0.25) is 0 Å². The third-order valence-corrected chi connectivity index (χ3v) is 16.9. The fourth-order valence-electron chi connectivity index (χ4n) is 11.8. The molecule has 6 N–H and O–H groups in total. The summed E-state index contributed by atoms with van der Waals surface area (Å²) >= 11 is 0. The number of benzene rings is 3. The molecule has 3 saturated carbocycles. The van der Waals surface area contributed by atoms with Gasteiger partial charge in [-0.15, -0.1) is 0 Å². The summed E-state index contributed by atoms with van der Waals surface area (Å²) in [5.74, 6) is 0.880. The zero-order valence-corrected chi connectivity index (χ0v) is 49.9. The van der Waals surface area contributed by atoms with Crippen molar-refractivity contribution in [3.63, 3.8) is 0 Å². The van der Waals surface area contributed by atoms with Crippen molar-refractivity contribution in [3.8, 4) is 18.2 Å². The van der Waals surface area contributed by atoms with Gasteiger partial charge in [0.15, 0.2) is 0 Å². The minimum absolute atomic E-state index is 0.232. The molecule has 0 spiro atoms. The van der Waals surface area contributed by atoms with Crippen molar-refractivity contribution in [1.29, 1.82) is 15.8 Å². The zero-order chi connectivity index (χ0) is 62.4. The molecule has 450 valence electrons. The summed E-state index contributed by atoms with van der Waals surface area (Å²) in [5, 5.41) is 47.4. The second kappa shape index (κ2) is 30.0. The summed E-state index contributed by atoms with van der Waals surface area (Å²) in [5.41, 5.74) is 8.60. The monoisotopic (exact) mass is 1190 g/mol. The topological polar surface area (TPSA) is 272 Å². The number of hydrogen-bond acceptors (Lipinski definition) is 15. The normalized spacial score (nSPS) is 14.6. The molecule has 3 aliphatic rings. The second-order valence-electron chi connectivity index (χ2n) is 22.6. The Hall–Kier alpha value is -11.2. The van der Waals surface area contributed by atoms with Gasteiger partial charge in [-0.2, -0.15) is 15.8 Å². The number of anilines is 6. The van der Waals surface area contributed by atoms with E-state index < -0.39 is 0 Å². The molecule has 0 radical (unpaired) electrons. The number of pyridine rings is 6. The Kier molecular flexibility index (Phi) is 20.6. The first kappa shape index (κ1) is 61.9. The quantitative estimate of drug-likeness (QED) is 0.0466. The first-order valence-corrected chi connectivity index (χ1v) is 30.3. The Balaban J connectivity index is 0.000000148. The van der Waals surface area contributed by atoms with E-state index in [1.807, 2.05) is 109 Å². The first-order chi connectivity index (χ1) is 44.1. The van der Waals surface area contributed by atoms with Gasteiger partial charge in [-0.1, -0.05) is 74.9 Å². The molecule has 0 atom stereocenters. The summed E-state index contributed by atoms with van der Waals surface area (Å²) in [4.78, 5) is 63.5. The summed E-state index contributed by atoms with van der Waals surface area (Å²) in [6.45, 7) is 1.64. The lowest BCUT2D eigenvalue weighted by molar-refractivity contribution is 0.101. The highest BCUT2D eigenvalue weighted by Crippen LogP contribution is 2.43. The van der Waals surface area contributed by atoms with Crippen LogP contribution in [0.4, 0.5) is 34.5 Å². The molecule has 6 heterocycles. The maximum atomic E-state index is 12.9. The van der Waals surface area contributed by atoms with Crippen molar-refractivity contribution in [2.45, 2.75) is 113 Å². The minimum atomic E-state index is -0.379. The van der Waals surface area contributed by atoms with Crippen LogP contribution in [-0.2, 0) is 35.9 Å². The van der Waals surface area contributed by atoms with Gasteiger partial charge >= 0.3 is 0 Å². The van der Waals surface area contributed by atoms with Gasteiger partial charge in [0.25, 0.3) is 17.7 Å². The Morgan fingerprint density at radius 2 is 0.589 bits per heavy atom. The van der Waals surface area contributed by atoms with Gasteiger partial charge in [0.05, 0.1) is 51.1 Å². The molecule has 6 aromatic heterocycles. The molecule has 3 aromatic carbocycles. The summed E-state index contributed by atoms with van der Waals surface area (Å²) < 4.78 is 0. The van der Waals surface area contributed by atoms with Crippen LogP contribution in [0.15, 0.2) is 201 Å². The van der Waals surface area contributed by atoms with Crippen LogP contribution in [0.25, 0.3) is 0 Å². The van der Waals surface area contributed by atoms with E-state index in [4.69, 9.17) is 0 Å². The molecule has 3 amide bonds. The smallest absolute Gasteiger partial charge is 0.259 e. The van der Waals surface area contributed by atoms with Gasteiger partial charge in [-0.25, -0.2) is 15.0 Å². The number of nitriles is 3. The second-order valence-corrected chi connectivity index (χ2v) is 22.6. The van der Waals surface area contributed by atoms with E-state index in [0.717, 1.165) is 110 Å². The van der Waals surface area contributed by atoms with E-state index in [-0.39, 0.29) is 34.0 Å². The van der Waals surface area contributed by atoms with Gasteiger partial charge in [-0.3, -0.25) is 29.3 Å². The predicted molar refractivity (Wildman–Crippen MR) is 348 cm³/mol. The number of hydrogen-bond donors (Lipinski definition) is 6. The number of carbonyl (C=O) groups excluding carboxylic acids is 3. The van der Waals surface area contributed by atoms with E-state index >= 15 is 0 Å². The van der Waals surface area contributed by atoms with E-state index in [1.54, 1.807) is 92.2 Å². The molecule has 0 aliphatic heterocycles. The number of amides is 3. The molecule has 9 aromatic rings. The van der Waals surface area contributed by atoms with E-state index in [0.29, 0.717) is 70.8 Å². The first-order valence-electron chi connectivity index (χ1n) is 30.3. The summed E-state index contributed by atoms with van der Waals surface area (Å²) in [6, 6.07) is 52.4. The maximum Gasteiger partial charge on any atom is 0.259 e. The standard InChI is InChI=1S/3C24H23N5O/c3*25-17-24(11-1-2-12-24)19-5-7-20(8-6-19)29-23(30)21-4-3-13-27-22(21)28-16-18-9-14-26-15-10-18/h3*3-10,13-15H,1-2,11-12,16H2,(H,27,28)(H,29,30). The van der Waals surface area contributed by atoms with Gasteiger partial charge in [0.2, 0.25) is 0 Å². The molecule has 18 nitrogen and oxygen atoms in total. The highest BCUT2D eigenvalue weighted by atomic mass is 16.2. The lowest BCUT2D eigenvalue weighted by atomic mass is 9.80. The zero-order valence-electron chi connectivity index (χ0n) is 49.9. The van der Waals surface area contributed by atoms with Crippen molar-refractivity contribution >= 4 is 52.2 Å². The van der Waals surface area contributed by atoms with Crippen molar-refractivity contribution in [1.82, 2.24) is 29.9 Å². The SMILES string of the molecule is N#CC1(c2ccc(NC(=O)c3cccnc3NCc3ccncc3)cc2)CCCC1.N#CC1(c2ccc(NC(=O)c3cccnc3NCc3ccncc3)cc2)CCCC1.N#CC1(c2ccc(NC(=O)c3cccnc3NCc3ccncc3)cc2)CCCC1. The highest BCUT2D eigenvalue weighted by Gasteiger charge is 2.38. The number of nitrogens with zero attached hydrogens (tertiary/aromatic N) is 9. The Morgan fingerprint density at radius 3 is 0.822 bits per heavy atom. The third kappa shape index (κ3) is 15.5. The maximum absolute atomic E-state index is 12.9. The van der Waals surface area contributed by atoms with Crippen LogP contribution < -0.4 is 31.9 Å². The van der Waals surface area contributed by atoms with Gasteiger partial charge in [0, 0.05) is 92.5 Å². The Bertz CT molecular complexity index is 3570. The van der Waals surface area contributed by atoms with E-state index in [2.05, 4.69) is 80.0 Å². The third-order valence-electron chi connectivity index (χ3n) is 16.9. The molecule has 90 heavy (non-hydrogen) atoms. The van der Waals surface area contributed by atoms with Crippen LogP contribution >= 0.6 is 0 Å². The molecule has 3 aliphatic carbocycles. The molecule has 0 bridgehead atoms. The molecule has 0 unspecified atom stereocenters. The van der Waals surface area contributed by atoms with Crippen molar-refractivity contribution < 1.29 is 14.4 Å². The van der Waals surface area contributed by atoms with Crippen molar-refractivity contribution in [2.24, 2.45) is 0 Å². The number of carbonyl (C=O) groups is 3. The molecular weight excluding hydrogens is 1120 g/mol. The van der Waals surface area contributed by atoms with E-state index in [1.165, 1.54) is 0 Å². The Morgan fingerprint density at radius 1 is 0.344 bits per heavy atom.